The molecule has 0 aliphatic carbocycles. The van der Waals surface area contributed by atoms with Gasteiger partial charge in [-0.15, -0.1) is 11.8 Å². The number of carbonyl (C=O) groups excluding carboxylic acids is 2. The molecule has 98 valence electrons. The summed E-state index contributed by atoms with van der Waals surface area (Å²) in [5.41, 5.74) is 0.682. The average Bonchev–Trinajstić information content (AvgIpc) is 2.32. The lowest BCUT2D eigenvalue weighted by atomic mass is 10.3. The Bertz CT molecular complexity index is 408. The molecule has 0 aliphatic rings. The van der Waals surface area contributed by atoms with E-state index in [-0.39, 0.29) is 23.4 Å². The van der Waals surface area contributed by atoms with Crippen LogP contribution in [0.4, 0.5) is 5.69 Å². The standard InChI is InChI=1S/C12H14ClNO3S/c1-2-17-12(16)8-18-7-11(15)14-10-5-3-9(13)4-6-10/h3-6H,2,7-8H2,1H3,(H,14,15). The van der Waals surface area contributed by atoms with Crippen molar-refractivity contribution in [3.8, 4) is 0 Å². The molecule has 0 radical (unpaired) electrons. The van der Waals surface area contributed by atoms with Gasteiger partial charge in [-0.2, -0.15) is 0 Å². The van der Waals surface area contributed by atoms with Gasteiger partial charge in [0.1, 0.15) is 0 Å². The Labute approximate surface area is 115 Å². The molecule has 0 saturated heterocycles. The van der Waals surface area contributed by atoms with Crippen molar-refractivity contribution in [2.45, 2.75) is 6.92 Å². The molecule has 0 unspecified atom stereocenters. The lowest BCUT2D eigenvalue weighted by Gasteiger charge is -2.05. The molecule has 4 nitrogen and oxygen atoms in total. The zero-order chi connectivity index (χ0) is 13.4. The van der Waals surface area contributed by atoms with Crippen LogP contribution in [0.15, 0.2) is 24.3 Å². The van der Waals surface area contributed by atoms with Crippen LogP contribution in [0.2, 0.25) is 5.02 Å². The minimum Gasteiger partial charge on any atom is -0.465 e. The summed E-state index contributed by atoms with van der Waals surface area (Å²) in [6, 6.07) is 6.83. The minimum absolute atomic E-state index is 0.161. The van der Waals surface area contributed by atoms with Gasteiger partial charge in [0.05, 0.1) is 18.1 Å². The van der Waals surface area contributed by atoms with Gasteiger partial charge in [-0.05, 0) is 31.2 Å². The third-order valence-corrected chi connectivity index (χ3v) is 3.04. The van der Waals surface area contributed by atoms with Crippen molar-refractivity contribution in [3.63, 3.8) is 0 Å². The van der Waals surface area contributed by atoms with Crippen LogP contribution in [0, 0.1) is 0 Å². The van der Waals surface area contributed by atoms with Gasteiger partial charge in [0, 0.05) is 10.7 Å². The smallest absolute Gasteiger partial charge is 0.315 e. The van der Waals surface area contributed by atoms with Crippen molar-refractivity contribution < 1.29 is 14.3 Å². The van der Waals surface area contributed by atoms with Crippen molar-refractivity contribution in [1.29, 1.82) is 0 Å². The maximum Gasteiger partial charge on any atom is 0.315 e. The van der Waals surface area contributed by atoms with Gasteiger partial charge in [-0.3, -0.25) is 9.59 Å². The third-order valence-electron chi connectivity index (χ3n) is 1.89. The Morgan fingerprint density at radius 3 is 2.56 bits per heavy atom. The number of thioether (sulfide) groups is 1. The Morgan fingerprint density at radius 2 is 1.94 bits per heavy atom. The maximum absolute atomic E-state index is 11.5. The van der Waals surface area contributed by atoms with E-state index < -0.39 is 0 Å². The highest BCUT2D eigenvalue weighted by atomic mass is 35.5. The SMILES string of the molecule is CCOC(=O)CSCC(=O)Nc1ccc(Cl)cc1. The molecule has 0 saturated carbocycles. The molecule has 18 heavy (non-hydrogen) atoms. The quantitative estimate of drug-likeness (QED) is 0.817. The second kappa shape index (κ2) is 8.00. The highest BCUT2D eigenvalue weighted by molar-refractivity contribution is 8.00. The van der Waals surface area contributed by atoms with Gasteiger partial charge >= 0.3 is 5.97 Å². The molecule has 0 aromatic heterocycles. The first-order chi connectivity index (χ1) is 8.61. The van der Waals surface area contributed by atoms with Crippen LogP contribution in [0.1, 0.15) is 6.92 Å². The van der Waals surface area contributed by atoms with E-state index in [2.05, 4.69) is 5.32 Å². The molecule has 0 spiro atoms. The van der Waals surface area contributed by atoms with Crippen molar-refractivity contribution >= 4 is 40.9 Å². The van der Waals surface area contributed by atoms with Crippen molar-refractivity contribution in [3.05, 3.63) is 29.3 Å². The van der Waals surface area contributed by atoms with Crippen LogP contribution >= 0.6 is 23.4 Å². The average molecular weight is 288 g/mol. The molecule has 0 heterocycles. The summed E-state index contributed by atoms with van der Waals surface area (Å²) in [7, 11) is 0. The number of benzene rings is 1. The maximum atomic E-state index is 11.5. The first-order valence-corrected chi connectivity index (χ1v) is 6.94. The van der Waals surface area contributed by atoms with E-state index in [1.807, 2.05) is 0 Å². The number of rotatable bonds is 6. The lowest BCUT2D eigenvalue weighted by molar-refractivity contribution is -0.139. The number of anilines is 1. The number of ether oxygens (including phenoxy) is 1. The van der Waals surface area contributed by atoms with Crippen LogP contribution in [0.3, 0.4) is 0 Å². The van der Waals surface area contributed by atoms with Crippen molar-refractivity contribution in [2.24, 2.45) is 0 Å². The lowest BCUT2D eigenvalue weighted by Crippen LogP contribution is -2.16. The largest absolute Gasteiger partial charge is 0.465 e. The molecule has 1 N–H and O–H groups in total. The van der Waals surface area contributed by atoms with Crippen LogP contribution in [-0.2, 0) is 14.3 Å². The number of amides is 1. The van der Waals surface area contributed by atoms with Crippen LogP contribution in [0.25, 0.3) is 0 Å². The van der Waals surface area contributed by atoms with Gasteiger partial charge in [0.2, 0.25) is 5.91 Å². The Kier molecular flexibility index (Phi) is 6.60. The Morgan fingerprint density at radius 1 is 1.28 bits per heavy atom. The first kappa shape index (κ1) is 14.9. The number of hydrogen-bond donors (Lipinski definition) is 1. The van der Waals surface area contributed by atoms with Gasteiger partial charge in [0.25, 0.3) is 0 Å². The first-order valence-electron chi connectivity index (χ1n) is 5.40. The summed E-state index contributed by atoms with van der Waals surface area (Å²) in [4.78, 5) is 22.6. The number of halogens is 1. The molecule has 6 heteroatoms. The molecule has 0 aliphatic heterocycles. The number of hydrogen-bond acceptors (Lipinski definition) is 4. The predicted octanol–water partition coefficient (Wildman–Crippen LogP) is 2.57. The van der Waals surface area contributed by atoms with Crippen molar-refractivity contribution in [1.82, 2.24) is 0 Å². The third kappa shape index (κ3) is 5.93. The van der Waals surface area contributed by atoms with Gasteiger partial charge in [0.15, 0.2) is 0 Å². The fraction of sp³-hybridized carbons (Fsp3) is 0.333. The zero-order valence-electron chi connectivity index (χ0n) is 9.94. The summed E-state index contributed by atoms with van der Waals surface area (Å²) in [5, 5.41) is 3.32. The molecule has 0 atom stereocenters. The molecular formula is C12H14ClNO3S. The van der Waals surface area contributed by atoms with Gasteiger partial charge in [-0.25, -0.2) is 0 Å². The second-order valence-electron chi connectivity index (χ2n) is 3.35. The van der Waals surface area contributed by atoms with E-state index in [4.69, 9.17) is 16.3 Å². The van der Waals surface area contributed by atoms with Gasteiger partial charge < -0.3 is 10.1 Å². The Balaban J connectivity index is 2.25. The molecule has 1 aromatic carbocycles. The topological polar surface area (TPSA) is 55.4 Å². The highest BCUT2D eigenvalue weighted by Crippen LogP contribution is 2.13. The van der Waals surface area contributed by atoms with E-state index in [0.29, 0.717) is 17.3 Å². The molecule has 1 aromatic rings. The summed E-state index contributed by atoms with van der Waals surface area (Å²) in [6.07, 6.45) is 0. The summed E-state index contributed by atoms with van der Waals surface area (Å²) in [6.45, 7) is 2.10. The highest BCUT2D eigenvalue weighted by Gasteiger charge is 2.06. The van der Waals surface area contributed by atoms with E-state index in [1.54, 1.807) is 31.2 Å². The fourth-order valence-electron chi connectivity index (χ4n) is 1.16. The fourth-order valence-corrected chi connectivity index (χ4v) is 1.90. The van der Waals surface area contributed by atoms with Crippen molar-refractivity contribution in [2.75, 3.05) is 23.4 Å². The normalized spacial score (nSPS) is 9.89. The predicted molar refractivity (Wildman–Crippen MR) is 74.0 cm³/mol. The van der Waals surface area contributed by atoms with Crippen LogP contribution in [0.5, 0.6) is 0 Å². The number of nitrogens with one attached hydrogen (secondary N) is 1. The van der Waals surface area contributed by atoms with E-state index >= 15 is 0 Å². The van der Waals surface area contributed by atoms with E-state index in [1.165, 1.54) is 11.8 Å². The van der Waals surface area contributed by atoms with Gasteiger partial charge in [-0.1, -0.05) is 11.6 Å². The monoisotopic (exact) mass is 287 g/mol. The summed E-state index contributed by atoms with van der Waals surface area (Å²) in [5.74, 6) is -0.0723. The second-order valence-corrected chi connectivity index (χ2v) is 4.77. The van der Waals surface area contributed by atoms with Crippen LogP contribution in [-0.4, -0.2) is 30.0 Å². The summed E-state index contributed by atoms with van der Waals surface area (Å²) >= 11 is 6.95. The molecular weight excluding hydrogens is 274 g/mol. The molecule has 0 bridgehead atoms. The molecule has 0 fully saturated rings. The molecule has 1 rings (SSSR count). The van der Waals surface area contributed by atoms with Crippen LogP contribution < -0.4 is 5.32 Å². The minimum atomic E-state index is -0.304. The zero-order valence-corrected chi connectivity index (χ0v) is 11.5. The molecule has 1 amide bonds. The van der Waals surface area contributed by atoms with E-state index in [0.717, 1.165) is 0 Å². The number of carbonyl (C=O) groups is 2. The Hall–Kier alpha value is -1.20. The summed E-state index contributed by atoms with van der Waals surface area (Å²) < 4.78 is 4.75. The van der Waals surface area contributed by atoms with E-state index in [9.17, 15) is 9.59 Å². The number of esters is 1.